The maximum atomic E-state index is 11.8. The molecule has 5 aromatic rings. The number of hydrogen-bond donors (Lipinski definition) is 0. The van der Waals surface area contributed by atoms with Crippen molar-refractivity contribution in [3.05, 3.63) is 185 Å². The molecule has 340 valence electrons. The third kappa shape index (κ3) is 15.6. The summed E-state index contributed by atoms with van der Waals surface area (Å²) in [5.41, 5.74) is 5.59. The smallest absolute Gasteiger partial charge is 0.872 e. The van der Waals surface area contributed by atoms with Crippen LogP contribution in [-0.4, -0.2) is 45.8 Å². The predicted molar refractivity (Wildman–Crippen MR) is 211 cm³/mol. The van der Waals surface area contributed by atoms with Gasteiger partial charge < -0.3 is 15.3 Å². The van der Waals surface area contributed by atoms with Crippen LogP contribution in [0.1, 0.15) is 63.6 Å². The van der Waals surface area contributed by atoms with Gasteiger partial charge in [0.05, 0.1) is 11.4 Å². The molecule has 2 atom stereocenters. The summed E-state index contributed by atoms with van der Waals surface area (Å²) < 4.78 is 106. The van der Waals surface area contributed by atoms with E-state index < -0.39 is 53.2 Å². The van der Waals surface area contributed by atoms with Gasteiger partial charge in [0.1, 0.15) is 0 Å². The molecule has 0 aliphatic heterocycles. The van der Waals surface area contributed by atoms with Crippen LogP contribution in [0.5, 0.6) is 0 Å². The number of alkyl halides is 9. The summed E-state index contributed by atoms with van der Waals surface area (Å²) in [6.45, 7) is 4.81. The van der Waals surface area contributed by atoms with E-state index >= 15 is 0 Å². The minimum Gasteiger partial charge on any atom is -0.872 e. The average molecular weight is 1050 g/mol. The largest absolute Gasteiger partial charge is 3.00 e. The van der Waals surface area contributed by atoms with Gasteiger partial charge in [-0.2, -0.15) is 39.5 Å². The van der Waals surface area contributed by atoms with E-state index in [1.807, 2.05) is 24.4 Å². The predicted octanol–water partition coefficient (Wildman–Crippen LogP) is 8.70. The summed E-state index contributed by atoms with van der Waals surface area (Å²) in [6, 6.07) is 30.1. The monoisotopic (exact) mass is 1050 g/mol. The summed E-state index contributed by atoms with van der Waals surface area (Å²) in [6.07, 6.45) is -8.34. The van der Waals surface area contributed by atoms with Gasteiger partial charge in [0.2, 0.25) is 0 Å². The van der Waals surface area contributed by atoms with E-state index in [-0.39, 0.29) is 84.3 Å². The quantitative estimate of drug-likeness (QED) is 0.0682. The van der Waals surface area contributed by atoms with E-state index in [1.165, 1.54) is 96.8 Å². The molecule has 1 saturated carbocycles. The molecule has 8 nitrogen and oxygen atoms in total. The molecule has 3 aliphatic rings. The number of nitrogens with zero attached hydrogens (tertiary/aromatic N) is 2. The van der Waals surface area contributed by atoms with Crippen molar-refractivity contribution in [3.63, 3.8) is 0 Å². The molecule has 0 radical (unpaired) electrons. The van der Waals surface area contributed by atoms with Crippen molar-refractivity contribution in [2.24, 2.45) is 11.3 Å². The van der Waals surface area contributed by atoms with Crippen LogP contribution >= 0.6 is 0 Å². The number of allylic oxidation sites excluding steroid dienone is 5. The van der Waals surface area contributed by atoms with E-state index in [0.717, 1.165) is 17.3 Å². The summed E-state index contributed by atoms with van der Waals surface area (Å²) >= 11 is 0. The second-order valence-corrected chi connectivity index (χ2v) is 14.7. The van der Waals surface area contributed by atoms with Crippen LogP contribution in [0, 0.1) is 60.7 Å². The topological polar surface area (TPSA) is 146 Å². The van der Waals surface area contributed by atoms with Gasteiger partial charge in [-0.15, -0.1) is 0 Å². The minimum atomic E-state index is -5.00. The maximum Gasteiger partial charge on any atom is 3.00 e. The first-order chi connectivity index (χ1) is 29.9. The van der Waals surface area contributed by atoms with E-state index in [0.29, 0.717) is 11.3 Å². The number of rotatable bonds is 7. The minimum absolute atomic E-state index is 0. The van der Waals surface area contributed by atoms with E-state index in [9.17, 15) is 69.2 Å². The van der Waals surface area contributed by atoms with Crippen molar-refractivity contribution in [2.45, 2.75) is 51.1 Å². The average Bonchev–Trinajstić information content (AvgIpc) is 3.26. The summed E-state index contributed by atoms with van der Waals surface area (Å²) in [5, 5.41) is 32.0. The third-order valence-electron chi connectivity index (χ3n) is 10.1. The van der Waals surface area contributed by atoms with Crippen molar-refractivity contribution in [1.29, 1.82) is 0 Å². The normalized spacial score (nSPS) is 16.4. The van der Waals surface area contributed by atoms with Crippen molar-refractivity contribution >= 4 is 23.1 Å². The molecular weight excluding hydrogens is 1010 g/mol. The molecule has 0 unspecified atom stereocenters. The number of hydrogen-bond acceptors (Lipinski definition) is 8. The number of benzene rings is 3. The molecule has 8 rings (SSSR count). The van der Waals surface area contributed by atoms with Gasteiger partial charge in [-0.05, 0) is 94.7 Å². The van der Waals surface area contributed by atoms with Gasteiger partial charge >= 0.3 is 67.9 Å². The number of aromatic nitrogens is 2. The van der Waals surface area contributed by atoms with Gasteiger partial charge in [0, 0.05) is 23.5 Å². The fourth-order valence-electron chi connectivity index (χ4n) is 6.47. The first-order valence-corrected chi connectivity index (χ1v) is 19.0. The molecule has 3 aliphatic carbocycles. The van der Waals surface area contributed by atoms with Gasteiger partial charge in [-0.3, -0.25) is 24.4 Å². The molecule has 0 spiro atoms. The molecule has 2 aromatic heterocycles. The van der Waals surface area contributed by atoms with Crippen LogP contribution in [0.2, 0.25) is 0 Å². The van der Waals surface area contributed by atoms with Crippen molar-refractivity contribution in [2.75, 3.05) is 0 Å². The second kappa shape index (κ2) is 23.1. The molecule has 0 amide bonds. The molecule has 18 heteroatoms. The summed E-state index contributed by atoms with van der Waals surface area (Å²) in [7, 11) is 0. The molecule has 3 aromatic carbocycles. The number of pyridine rings is 2. The fraction of sp³-hybridized carbons (Fsp3) is 0.213. The van der Waals surface area contributed by atoms with Crippen LogP contribution in [0.25, 0.3) is 17.1 Å². The number of carbonyl (C=O) groups is 3. The van der Waals surface area contributed by atoms with E-state index in [2.05, 4.69) is 36.1 Å². The molecule has 65 heavy (non-hydrogen) atoms. The molecule has 0 saturated heterocycles. The molecule has 1 fully saturated rings. The van der Waals surface area contributed by atoms with Crippen LogP contribution in [0.15, 0.2) is 157 Å². The van der Waals surface area contributed by atoms with Crippen LogP contribution < -0.4 is 15.3 Å². The van der Waals surface area contributed by atoms with Gasteiger partial charge in [0.15, 0.2) is 11.6 Å². The molecule has 2 bridgehead atoms. The summed E-state index contributed by atoms with van der Waals surface area (Å²) in [5.74, 6) is -7.70. The first-order valence-electron chi connectivity index (χ1n) is 19.0. The summed E-state index contributed by atoms with van der Waals surface area (Å²) in [4.78, 5) is 41.7. The molecular formula is C47H36EuF9N2O6. The van der Waals surface area contributed by atoms with Crippen molar-refractivity contribution in [3.8, 4) is 11.4 Å². The van der Waals surface area contributed by atoms with Gasteiger partial charge in [-0.1, -0.05) is 117 Å². The van der Waals surface area contributed by atoms with Gasteiger partial charge in [-0.25, -0.2) is 0 Å². The van der Waals surface area contributed by atoms with Crippen molar-refractivity contribution < 1.29 is 119 Å². The Labute approximate surface area is 407 Å². The Morgan fingerprint density at radius 3 is 1.45 bits per heavy atom. The Kier molecular flexibility index (Phi) is 19.2. The Hall–Kier alpha value is -5.46. The molecule has 0 N–H and O–H groups in total. The van der Waals surface area contributed by atoms with E-state index in [1.54, 1.807) is 18.2 Å². The van der Waals surface area contributed by atoms with Crippen LogP contribution in [0.3, 0.4) is 0 Å². The standard InChI is InChI=1S/C17H18N2.3C10H7F3O2.Eu/c1-17(2)12-7-11-8-16(15-5-3-4-6-18-15)19-10-13(11)14(17)9-12;3*11-10(12,13)9(15)6-8(14)7-4-2-1-3-5-7;/h3-6,8,10,12,14H,7,9H2,1-2H3;2*1-6,15H;1-6,14H;/q;;;;+3/p-3/b;2*9-6-;8-6-;/t12-,14-;;;;/m0..../s1. The Bertz CT molecular complexity index is 2400. The SMILES string of the molecule is CC1(C)[C@H]2Cc3cc(-c4ccccn4)ncc3[C@@H]1C2.O=C(/C=C(\[O-])C(F)(F)F)c1ccccc1.O=C(/C=C(\[O-])C(F)(F)F)c1ccccc1.O=C(/C=C(\[O-])c1ccccc1)C(F)(F)F.[Eu+3]. The number of ketones is 3. The Morgan fingerprint density at radius 1 is 0.600 bits per heavy atom. The maximum absolute atomic E-state index is 11.8. The third-order valence-corrected chi connectivity index (χ3v) is 10.1. The van der Waals surface area contributed by atoms with Gasteiger partial charge in [0.25, 0.3) is 5.78 Å². The first kappa shape index (κ1) is 53.9. The zero-order valence-electron chi connectivity index (χ0n) is 34.0. The second-order valence-electron chi connectivity index (χ2n) is 14.7. The number of carbonyl (C=O) groups excluding carboxylic acids is 3. The van der Waals surface area contributed by atoms with Crippen molar-refractivity contribution in [1.82, 2.24) is 9.97 Å². The zero-order valence-corrected chi connectivity index (χ0v) is 36.5. The Balaban J connectivity index is 0.000000231. The molecule has 2 heterocycles. The number of halogens is 9. The van der Waals surface area contributed by atoms with E-state index in [4.69, 9.17) is 0 Å². The van der Waals surface area contributed by atoms with Crippen LogP contribution in [-0.2, 0) is 11.2 Å². The van der Waals surface area contributed by atoms with Crippen LogP contribution in [0.4, 0.5) is 39.5 Å². The Morgan fingerprint density at radius 2 is 1.05 bits per heavy atom. The zero-order chi connectivity index (χ0) is 47.5. The fourth-order valence-corrected chi connectivity index (χ4v) is 6.47.